The second-order valence-electron chi connectivity index (χ2n) is 7.78. The van der Waals surface area contributed by atoms with Crippen molar-refractivity contribution in [3.63, 3.8) is 0 Å². The van der Waals surface area contributed by atoms with Crippen molar-refractivity contribution < 1.29 is 0 Å². The summed E-state index contributed by atoms with van der Waals surface area (Å²) in [5.41, 5.74) is 6.00. The SMILES string of the molecule is c1cnc2[nH]c(-c3n[nH]c4cnc(-c5cncc(NCC6CCC6)c5)cc34)nc2c1. The van der Waals surface area contributed by atoms with Crippen molar-refractivity contribution in [2.24, 2.45) is 5.92 Å². The van der Waals surface area contributed by atoms with E-state index in [1.165, 1.54) is 19.3 Å². The molecule has 0 bridgehead atoms. The fourth-order valence-corrected chi connectivity index (χ4v) is 3.85. The topological polar surface area (TPSA) is 108 Å². The summed E-state index contributed by atoms with van der Waals surface area (Å²) in [5.74, 6) is 1.47. The van der Waals surface area contributed by atoms with Crippen molar-refractivity contribution in [1.29, 1.82) is 0 Å². The lowest BCUT2D eigenvalue weighted by molar-refractivity contribution is 0.333. The quantitative estimate of drug-likeness (QED) is 0.411. The summed E-state index contributed by atoms with van der Waals surface area (Å²) in [6, 6.07) is 7.93. The number of hydrogen-bond acceptors (Lipinski definition) is 6. The third-order valence-corrected chi connectivity index (χ3v) is 5.78. The first kappa shape index (κ1) is 17.1. The van der Waals surface area contributed by atoms with Crippen LogP contribution >= 0.6 is 0 Å². The lowest BCUT2D eigenvalue weighted by Crippen LogP contribution is -2.20. The molecule has 3 N–H and O–H groups in total. The predicted molar refractivity (Wildman–Crippen MR) is 116 cm³/mol. The summed E-state index contributed by atoms with van der Waals surface area (Å²) < 4.78 is 0. The first-order chi connectivity index (χ1) is 14.8. The lowest BCUT2D eigenvalue weighted by Gasteiger charge is -2.25. The van der Waals surface area contributed by atoms with Crippen molar-refractivity contribution in [2.75, 3.05) is 11.9 Å². The Morgan fingerprint density at radius 2 is 2.07 bits per heavy atom. The highest BCUT2D eigenvalue weighted by Gasteiger charge is 2.17. The molecule has 0 spiro atoms. The molecule has 0 saturated heterocycles. The van der Waals surface area contributed by atoms with Gasteiger partial charge in [-0.25, -0.2) is 9.97 Å². The van der Waals surface area contributed by atoms with E-state index in [2.05, 4.69) is 46.5 Å². The number of fused-ring (bicyclic) bond motifs is 2. The molecule has 0 radical (unpaired) electrons. The molecule has 6 rings (SSSR count). The molecule has 5 aromatic heterocycles. The summed E-state index contributed by atoms with van der Waals surface area (Å²) >= 11 is 0. The summed E-state index contributed by atoms with van der Waals surface area (Å²) in [7, 11) is 0. The van der Waals surface area contributed by atoms with E-state index < -0.39 is 0 Å². The van der Waals surface area contributed by atoms with E-state index in [0.717, 1.165) is 57.2 Å². The van der Waals surface area contributed by atoms with Crippen LogP contribution < -0.4 is 5.32 Å². The van der Waals surface area contributed by atoms with Crippen LogP contribution in [-0.2, 0) is 0 Å². The van der Waals surface area contributed by atoms with Crippen LogP contribution in [0.5, 0.6) is 0 Å². The maximum absolute atomic E-state index is 4.63. The van der Waals surface area contributed by atoms with Gasteiger partial charge in [0.2, 0.25) is 0 Å². The van der Waals surface area contributed by atoms with E-state index in [9.17, 15) is 0 Å². The van der Waals surface area contributed by atoms with Crippen LogP contribution in [0.4, 0.5) is 5.69 Å². The van der Waals surface area contributed by atoms with Crippen LogP contribution in [-0.4, -0.2) is 41.7 Å². The monoisotopic (exact) mass is 396 g/mol. The van der Waals surface area contributed by atoms with Crippen molar-refractivity contribution in [2.45, 2.75) is 19.3 Å². The van der Waals surface area contributed by atoms with Gasteiger partial charge in [0.05, 0.1) is 23.1 Å². The predicted octanol–water partition coefficient (Wildman–Crippen LogP) is 4.17. The Hall–Kier alpha value is -3.81. The molecule has 5 aromatic rings. The summed E-state index contributed by atoms with van der Waals surface area (Å²) in [6.07, 6.45) is 11.2. The number of nitrogens with one attached hydrogen (secondary N) is 3. The molecular weight excluding hydrogens is 376 g/mol. The molecule has 0 aliphatic heterocycles. The lowest BCUT2D eigenvalue weighted by atomic mass is 9.85. The largest absolute Gasteiger partial charge is 0.384 e. The highest BCUT2D eigenvalue weighted by molar-refractivity contribution is 5.94. The normalized spacial score (nSPS) is 14.3. The van der Waals surface area contributed by atoms with E-state index in [4.69, 9.17) is 0 Å². The zero-order valence-corrected chi connectivity index (χ0v) is 16.3. The maximum atomic E-state index is 4.63. The molecule has 0 atom stereocenters. The van der Waals surface area contributed by atoms with Crippen LogP contribution in [0.1, 0.15) is 19.3 Å². The zero-order chi connectivity index (χ0) is 19.9. The molecular formula is C22H20N8. The van der Waals surface area contributed by atoms with Gasteiger partial charge < -0.3 is 10.3 Å². The number of aromatic amines is 2. The van der Waals surface area contributed by atoms with Crippen LogP contribution in [0.25, 0.3) is 44.8 Å². The van der Waals surface area contributed by atoms with E-state index >= 15 is 0 Å². The number of hydrogen-bond donors (Lipinski definition) is 3. The van der Waals surface area contributed by atoms with Gasteiger partial charge in [0.15, 0.2) is 11.5 Å². The fourth-order valence-electron chi connectivity index (χ4n) is 3.85. The number of aromatic nitrogens is 7. The van der Waals surface area contributed by atoms with Gasteiger partial charge in [-0.05, 0) is 43.0 Å². The van der Waals surface area contributed by atoms with Gasteiger partial charge in [-0.15, -0.1) is 0 Å². The molecule has 8 nitrogen and oxygen atoms in total. The maximum Gasteiger partial charge on any atom is 0.160 e. The average Bonchev–Trinajstić information content (AvgIpc) is 3.36. The Bertz CT molecular complexity index is 1310. The Morgan fingerprint density at radius 3 is 2.93 bits per heavy atom. The van der Waals surface area contributed by atoms with Crippen LogP contribution in [0.3, 0.4) is 0 Å². The fraction of sp³-hybridized carbons (Fsp3) is 0.227. The Morgan fingerprint density at radius 1 is 1.10 bits per heavy atom. The third kappa shape index (κ3) is 2.97. The van der Waals surface area contributed by atoms with E-state index in [-0.39, 0.29) is 0 Å². The van der Waals surface area contributed by atoms with Crippen molar-refractivity contribution in [3.05, 3.63) is 49.1 Å². The second-order valence-corrected chi connectivity index (χ2v) is 7.78. The van der Waals surface area contributed by atoms with E-state index in [1.807, 2.05) is 30.6 Å². The third-order valence-electron chi connectivity index (χ3n) is 5.78. The first-order valence-electron chi connectivity index (χ1n) is 10.2. The van der Waals surface area contributed by atoms with Crippen molar-refractivity contribution in [1.82, 2.24) is 35.1 Å². The highest BCUT2D eigenvalue weighted by atomic mass is 15.1. The molecule has 8 heteroatoms. The Balaban J connectivity index is 1.36. The Kier molecular flexibility index (Phi) is 3.93. The number of pyridine rings is 3. The molecule has 148 valence electrons. The standard InChI is InChI=1S/C22H20N8/c1-3-13(4-1)9-25-15-7-14(10-23-11-15)18-8-16-19(12-26-18)29-30-20(16)22-27-17-5-2-6-24-21(17)28-22/h2,5-8,10-13,25H,1,3-4,9H2,(H,29,30)(H,24,27,28). The molecule has 1 saturated carbocycles. The van der Waals surface area contributed by atoms with Crippen LogP contribution in [0.15, 0.2) is 49.1 Å². The van der Waals surface area contributed by atoms with Gasteiger partial charge in [0, 0.05) is 36.1 Å². The number of nitrogens with zero attached hydrogens (tertiary/aromatic N) is 5. The van der Waals surface area contributed by atoms with E-state index in [1.54, 1.807) is 12.4 Å². The molecule has 0 aromatic carbocycles. The smallest absolute Gasteiger partial charge is 0.160 e. The molecule has 1 aliphatic carbocycles. The minimum Gasteiger partial charge on any atom is -0.384 e. The van der Waals surface area contributed by atoms with Crippen molar-refractivity contribution in [3.8, 4) is 22.8 Å². The summed E-state index contributed by atoms with van der Waals surface area (Å²) in [6.45, 7) is 1.00. The van der Waals surface area contributed by atoms with Crippen LogP contribution in [0.2, 0.25) is 0 Å². The van der Waals surface area contributed by atoms with E-state index in [0.29, 0.717) is 5.82 Å². The molecule has 0 amide bonds. The number of anilines is 1. The Labute approximate surface area is 172 Å². The van der Waals surface area contributed by atoms with Crippen LogP contribution in [0, 0.1) is 5.92 Å². The van der Waals surface area contributed by atoms with Gasteiger partial charge in [0.1, 0.15) is 11.2 Å². The van der Waals surface area contributed by atoms with Gasteiger partial charge >= 0.3 is 0 Å². The number of imidazole rings is 1. The molecule has 0 unspecified atom stereocenters. The van der Waals surface area contributed by atoms with Gasteiger partial charge in [-0.2, -0.15) is 5.10 Å². The minimum atomic E-state index is 0.682. The van der Waals surface area contributed by atoms with Gasteiger partial charge in [-0.3, -0.25) is 15.1 Å². The first-order valence-corrected chi connectivity index (χ1v) is 10.2. The molecule has 5 heterocycles. The molecule has 1 aliphatic rings. The van der Waals surface area contributed by atoms with Gasteiger partial charge in [-0.1, -0.05) is 6.42 Å². The zero-order valence-electron chi connectivity index (χ0n) is 16.3. The molecule has 30 heavy (non-hydrogen) atoms. The summed E-state index contributed by atoms with van der Waals surface area (Å²) in [5, 5.41) is 12.0. The molecule has 1 fully saturated rings. The number of rotatable bonds is 5. The summed E-state index contributed by atoms with van der Waals surface area (Å²) in [4.78, 5) is 21.2. The van der Waals surface area contributed by atoms with Gasteiger partial charge in [0.25, 0.3) is 0 Å². The number of H-pyrrole nitrogens is 2. The minimum absolute atomic E-state index is 0.682. The average molecular weight is 396 g/mol. The van der Waals surface area contributed by atoms with Crippen molar-refractivity contribution >= 4 is 27.8 Å². The highest BCUT2D eigenvalue weighted by Crippen LogP contribution is 2.30. The second kappa shape index (κ2) is 6.91.